The summed E-state index contributed by atoms with van der Waals surface area (Å²) in [5.41, 5.74) is 0.397. The van der Waals surface area contributed by atoms with Crippen molar-refractivity contribution in [3.8, 4) is 0 Å². The molecule has 4 aliphatic carbocycles. The molecule has 22 heavy (non-hydrogen) atoms. The summed E-state index contributed by atoms with van der Waals surface area (Å²) in [6.45, 7) is 7.56. The molecule has 2 heteroatoms. The molecule has 2 bridgehead atoms. The molecular weight excluding hydrogens is 272 g/mol. The van der Waals surface area contributed by atoms with E-state index in [4.69, 9.17) is 0 Å². The quantitative estimate of drug-likeness (QED) is 0.721. The van der Waals surface area contributed by atoms with Gasteiger partial charge in [-0.15, -0.1) is 0 Å². The molecule has 124 valence electrons. The van der Waals surface area contributed by atoms with Crippen molar-refractivity contribution < 1.29 is 10.2 Å². The topological polar surface area (TPSA) is 40.5 Å². The largest absolute Gasteiger partial charge is 0.395 e. The number of fused-ring (bicyclic) bond motifs is 3. The first-order valence-corrected chi connectivity index (χ1v) is 9.30. The van der Waals surface area contributed by atoms with Crippen LogP contribution in [0.1, 0.15) is 65.7 Å². The Morgan fingerprint density at radius 1 is 0.955 bits per heavy atom. The molecule has 3 fully saturated rings. The molecule has 0 saturated heterocycles. The van der Waals surface area contributed by atoms with E-state index in [1.165, 1.54) is 32.1 Å². The van der Waals surface area contributed by atoms with Crippen molar-refractivity contribution >= 4 is 0 Å². The zero-order valence-corrected chi connectivity index (χ0v) is 14.4. The fraction of sp³-hybridized carbons (Fsp3) is 0.900. The Labute approximate surface area is 135 Å². The number of rotatable bonds is 1. The van der Waals surface area contributed by atoms with Crippen LogP contribution in [0, 0.1) is 33.5 Å². The zero-order chi connectivity index (χ0) is 15.8. The normalized spacial score (nSPS) is 55.6. The monoisotopic (exact) mass is 304 g/mol. The van der Waals surface area contributed by atoms with Crippen LogP contribution >= 0.6 is 0 Å². The molecule has 0 aromatic heterocycles. The molecule has 3 saturated carbocycles. The van der Waals surface area contributed by atoms with Gasteiger partial charge in [0.1, 0.15) is 0 Å². The highest BCUT2D eigenvalue weighted by molar-refractivity contribution is 5.30. The minimum atomic E-state index is -0.369. The summed E-state index contributed by atoms with van der Waals surface area (Å²) >= 11 is 0. The molecule has 2 N–H and O–H groups in total. The second-order valence-electron chi connectivity index (χ2n) is 9.77. The molecular formula is C20H32O2. The smallest absolute Gasteiger partial charge is 0.0746 e. The first-order valence-electron chi connectivity index (χ1n) is 9.30. The van der Waals surface area contributed by atoms with Crippen LogP contribution < -0.4 is 0 Å². The maximum absolute atomic E-state index is 11.2. The standard InChI is InChI=1S/C20H32O2/c1-17(2)7-4-8-18(3)14(17)6-10-20-12-11-19(13-21,16(20)22)9-5-15(18)20/h11-12,14-16,21-22H,4-10,13H2,1-3H3/t14-,15+,16-,18-,19-,20-/m0/s1. The molecule has 0 heterocycles. The summed E-state index contributed by atoms with van der Waals surface area (Å²) in [7, 11) is 0. The molecule has 0 aromatic carbocycles. The van der Waals surface area contributed by atoms with Crippen LogP contribution in [-0.4, -0.2) is 22.9 Å². The van der Waals surface area contributed by atoms with Gasteiger partial charge in [0.2, 0.25) is 0 Å². The average molecular weight is 304 g/mol. The van der Waals surface area contributed by atoms with E-state index in [2.05, 4.69) is 32.9 Å². The van der Waals surface area contributed by atoms with Gasteiger partial charge in [-0.25, -0.2) is 0 Å². The summed E-state index contributed by atoms with van der Waals surface area (Å²) in [6.07, 6.45) is 12.6. The second-order valence-corrected chi connectivity index (χ2v) is 9.77. The lowest BCUT2D eigenvalue weighted by atomic mass is 9.40. The van der Waals surface area contributed by atoms with Crippen molar-refractivity contribution in [3.05, 3.63) is 12.2 Å². The van der Waals surface area contributed by atoms with E-state index in [0.717, 1.165) is 18.8 Å². The van der Waals surface area contributed by atoms with Crippen molar-refractivity contribution in [1.82, 2.24) is 0 Å². The highest BCUT2D eigenvalue weighted by Crippen LogP contribution is 2.71. The van der Waals surface area contributed by atoms with E-state index in [-0.39, 0.29) is 23.5 Å². The Bertz CT molecular complexity index is 510. The van der Waals surface area contributed by atoms with Crippen molar-refractivity contribution in [1.29, 1.82) is 0 Å². The van der Waals surface area contributed by atoms with Crippen LogP contribution in [0.5, 0.6) is 0 Å². The third kappa shape index (κ3) is 1.59. The third-order valence-corrected chi connectivity index (χ3v) is 8.56. The average Bonchev–Trinajstić information content (AvgIpc) is 2.64. The molecule has 0 aliphatic heterocycles. The first-order chi connectivity index (χ1) is 10.3. The van der Waals surface area contributed by atoms with Crippen molar-refractivity contribution in [2.75, 3.05) is 6.61 Å². The van der Waals surface area contributed by atoms with Gasteiger partial charge >= 0.3 is 0 Å². The van der Waals surface area contributed by atoms with Crippen molar-refractivity contribution in [2.24, 2.45) is 33.5 Å². The molecule has 0 unspecified atom stereocenters. The lowest BCUT2D eigenvalue weighted by Gasteiger charge is -2.65. The number of hydrogen-bond donors (Lipinski definition) is 2. The van der Waals surface area contributed by atoms with Crippen LogP contribution in [0.25, 0.3) is 0 Å². The van der Waals surface area contributed by atoms with E-state index in [9.17, 15) is 10.2 Å². The highest BCUT2D eigenvalue weighted by Gasteiger charge is 2.67. The van der Waals surface area contributed by atoms with Crippen molar-refractivity contribution in [2.45, 2.75) is 71.8 Å². The Balaban J connectivity index is 1.77. The second kappa shape index (κ2) is 4.39. The molecule has 4 rings (SSSR count). The van der Waals surface area contributed by atoms with E-state index in [1.807, 2.05) is 0 Å². The highest BCUT2D eigenvalue weighted by atomic mass is 16.3. The number of hydrogen-bond acceptors (Lipinski definition) is 2. The van der Waals surface area contributed by atoms with E-state index < -0.39 is 0 Å². The summed E-state index contributed by atoms with van der Waals surface area (Å²) in [4.78, 5) is 0. The minimum Gasteiger partial charge on any atom is -0.395 e. The van der Waals surface area contributed by atoms with Gasteiger partial charge in [0, 0.05) is 10.8 Å². The van der Waals surface area contributed by atoms with Gasteiger partial charge in [0.25, 0.3) is 0 Å². The van der Waals surface area contributed by atoms with Crippen LogP contribution in [-0.2, 0) is 0 Å². The number of aliphatic hydroxyl groups excluding tert-OH is 2. The van der Waals surface area contributed by atoms with Gasteiger partial charge < -0.3 is 10.2 Å². The predicted octanol–water partition coefficient (Wildman–Crippen LogP) is 3.92. The fourth-order valence-corrected chi connectivity index (χ4v) is 7.50. The zero-order valence-electron chi connectivity index (χ0n) is 14.4. The van der Waals surface area contributed by atoms with Gasteiger partial charge in [-0.3, -0.25) is 0 Å². The Morgan fingerprint density at radius 2 is 1.68 bits per heavy atom. The Morgan fingerprint density at radius 3 is 2.41 bits per heavy atom. The van der Waals surface area contributed by atoms with E-state index in [0.29, 0.717) is 16.7 Å². The molecule has 0 radical (unpaired) electrons. The lowest BCUT2D eigenvalue weighted by molar-refractivity contribution is -0.192. The fourth-order valence-electron chi connectivity index (χ4n) is 7.50. The molecule has 4 aliphatic rings. The number of aliphatic hydroxyl groups is 2. The lowest BCUT2D eigenvalue weighted by Crippen LogP contribution is -2.61. The van der Waals surface area contributed by atoms with Crippen LogP contribution in [0.2, 0.25) is 0 Å². The molecule has 2 nitrogen and oxygen atoms in total. The van der Waals surface area contributed by atoms with E-state index >= 15 is 0 Å². The minimum absolute atomic E-state index is 0.0559. The van der Waals surface area contributed by atoms with Crippen LogP contribution in [0.3, 0.4) is 0 Å². The van der Waals surface area contributed by atoms with E-state index in [1.54, 1.807) is 0 Å². The third-order valence-electron chi connectivity index (χ3n) is 8.56. The summed E-state index contributed by atoms with van der Waals surface area (Å²) in [5.74, 6) is 1.37. The molecule has 0 aromatic rings. The van der Waals surface area contributed by atoms with Crippen molar-refractivity contribution in [3.63, 3.8) is 0 Å². The predicted molar refractivity (Wildman–Crippen MR) is 88.3 cm³/mol. The van der Waals surface area contributed by atoms with Gasteiger partial charge in [0.15, 0.2) is 0 Å². The Hall–Kier alpha value is -0.340. The molecule has 6 atom stereocenters. The summed E-state index contributed by atoms with van der Waals surface area (Å²) in [6, 6.07) is 0. The molecule has 0 amide bonds. The summed E-state index contributed by atoms with van der Waals surface area (Å²) < 4.78 is 0. The van der Waals surface area contributed by atoms with Crippen LogP contribution in [0.15, 0.2) is 12.2 Å². The molecule has 1 spiro atoms. The van der Waals surface area contributed by atoms with Gasteiger partial charge in [-0.1, -0.05) is 39.3 Å². The maximum atomic E-state index is 11.2. The van der Waals surface area contributed by atoms with Crippen LogP contribution in [0.4, 0.5) is 0 Å². The van der Waals surface area contributed by atoms with Gasteiger partial charge in [0.05, 0.1) is 12.7 Å². The first kappa shape index (κ1) is 15.2. The summed E-state index contributed by atoms with van der Waals surface area (Å²) in [5, 5.41) is 21.1. The maximum Gasteiger partial charge on any atom is 0.0746 e. The van der Waals surface area contributed by atoms with Gasteiger partial charge in [-0.05, 0) is 61.2 Å². The van der Waals surface area contributed by atoms with Gasteiger partial charge in [-0.2, -0.15) is 0 Å². The SMILES string of the molecule is CC1(C)CCC[C@]2(C)[C@H]3CC[C@@]4(CO)C=C[C@]3(CC[C@@H]12)[C@H]4O. The Kier molecular flexibility index (Phi) is 3.03.